The van der Waals surface area contributed by atoms with Gasteiger partial charge in [-0.05, 0) is 42.7 Å². The van der Waals surface area contributed by atoms with E-state index in [1.807, 2.05) is 30.3 Å². The lowest BCUT2D eigenvalue weighted by atomic mass is 10.1. The summed E-state index contributed by atoms with van der Waals surface area (Å²) in [5.41, 5.74) is 1.04. The van der Waals surface area contributed by atoms with Gasteiger partial charge in [0.05, 0.1) is 4.90 Å². The Labute approximate surface area is 164 Å². The number of urea groups is 1. The highest BCUT2D eigenvalue weighted by Gasteiger charge is 2.26. The summed E-state index contributed by atoms with van der Waals surface area (Å²) in [6.07, 6.45) is 1.15. The Morgan fingerprint density at radius 1 is 1.04 bits per heavy atom. The lowest BCUT2D eigenvalue weighted by Gasteiger charge is -2.32. The molecule has 2 aromatic carbocycles. The van der Waals surface area contributed by atoms with Gasteiger partial charge in [-0.25, -0.2) is 17.9 Å². The maximum atomic E-state index is 12.4. The predicted octanol–water partition coefficient (Wildman–Crippen LogP) is 2.99. The minimum absolute atomic E-state index is 0.127. The van der Waals surface area contributed by atoms with Gasteiger partial charge >= 0.3 is 6.03 Å². The summed E-state index contributed by atoms with van der Waals surface area (Å²) in [7, 11) is -3.59. The number of amides is 2. The third kappa shape index (κ3) is 5.45. The lowest BCUT2D eigenvalue weighted by Crippen LogP contribution is -2.49. The van der Waals surface area contributed by atoms with E-state index >= 15 is 0 Å². The molecule has 2 N–H and O–H groups in total. The number of nitrogens with zero attached hydrogens (tertiary/aromatic N) is 1. The molecule has 144 valence electrons. The second kappa shape index (κ2) is 8.73. The highest BCUT2D eigenvalue weighted by atomic mass is 35.5. The molecule has 0 radical (unpaired) electrons. The van der Waals surface area contributed by atoms with E-state index in [0.717, 1.165) is 5.56 Å². The Morgan fingerprint density at radius 3 is 2.30 bits per heavy atom. The van der Waals surface area contributed by atoms with Gasteiger partial charge in [0.25, 0.3) is 0 Å². The van der Waals surface area contributed by atoms with Gasteiger partial charge in [0.15, 0.2) is 0 Å². The standard InChI is InChI=1S/C19H22ClN3O3S/c20-16-6-8-18(9-7-16)27(25,26)22-17-10-12-23(13-11-17)19(24)21-14-15-4-2-1-3-5-15/h1-9,17,22H,10-14H2,(H,21,24). The van der Waals surface area contributed by atoms with Crippen LogP contribution >= 0.6 is 11.6 Å². The van der Waals surface area contributed by atoms with Crippen molar-refractivity contribution in [2.75, 3.05) is 13.1 Å². The van der Waals surface area contributed by atoms with Crippen LogP contribution < -0.4 is 10.0 Å². The number of nitrogens with one attached hydrogen (secondary N) is 2. The second-order valence-corrected chi connectivity index (χ2v) is 8.63. The fourth-order valence-corrected chi connectivity index (χ4v) is 4.42. The molecule has 1 fully saturated rings. The van der Waals surface area contributed by atoms with E-state index in [1.165, 1.54) is 12.1 Å². The molecular weight excluding hydrogens is 386 g/mol. The maximum absolute atomic E-state index is 12.4. The summed E-state index contributed by atoms with van der Waals surface area (Å²) in [5, 5.41) is 3.39. The zero-order valence-corrected chi connectivity index (χ0v) is 16.3. The summed E-state index contributed by atoms with van der Waals surface area (Å²) in [5.74, 6) is 0. The van der Waals surface area contributed by atoms with Gasteiger partial charge in [-0.3, -0.25) is 0 Å². The van der Waals surface area contributed by atoms with Crippen LogP contribution in [0.4, 0.5) is 4.79 Å². The van der Waals surface area contributed by atoms with Crippen LogP contribution in [0.15, 0.2) is 59.5 Å². The number of hydrogen-bond acceptors (Lipinski definition) is 3. The van der Waals surface area contributed by atoms with Crippen molar-refractivity contribution in [2.24, 2.45) is 0 Å². The smallest absolute Gasteiger partial charge is 0.317 e. The van der Waals surface area contributed by atoms with E-state index in [-0.39, 0.29) is 17.0 Å². The number of sulfonamides is 1. The Kier molecular flexibility index (Phi) is 6.36. The molecule has 8 heteroatoms. The molecule has 27 heavy (non-hydrogen) atoms. The first-order valence-electron chi connectivity index (χ1n) is 8.79. The van der Waals surface area contributed by atoms with E-state index in [4.69, 9.17) is 11.6 Å². The van der Waals surface area contributed by atoms with Gasteiger partial charge in [0.1, 0.15) is 0 Å². The number of piperidine rings is 1. The highest BCUT2D eigenvalue weighted by molar-refractivity contribution is 7.89. The van der Waals surface area contributed by atoms with E-state index in [0.29, 0.717) is 37.5 Å². The molecular formula is C19H22ClN3O3S. The van der Waals surface area contributed by atoms with Crippen molar-refractivity contribution in [1.29, 1.82) is 0 Å². The van der Waals surface area contributed by atoms with E-state index in [2.05, 4.69) is 10.0 Å². The monoisotopic (exact) mass is 407 g/mol. The molecule has 0 unspecified atom stereocenters. The minimum atomic E-state index is -3.59. The Hall–Kier alpha value is -2.09. The molecule has 2 aromatic rings. The molecule has 3 rings (SSSR count). The van der Waals surface area contributed by atoms with E-state index in [1.54, 1.807) is 17.0 Å². The van der Waals surface area contributed by atoms with E-state index < -0.39 is 10.0 Å². The summed E-state index contributed by atoms with van der Waals surface area (Å²) in [6, 6.07) is 15.5. The van der Waals surface area contributed by atoms with Crippen molar-refractivity contribution in [3.05, 3.63) is 65.2 Å². The number of rotatable bonds is 5. The number of halogens is 1. The average Bonchev–Trinajstić information content (AvgIpc) is 2.67. The first kappa shape index (κ1) is 19.7. The Morgan fingerprint density at radius 2 is 1.67 bits per heavy atom. The van der Waals surface area contributed by atoms with Crippen LogP contribution in [0.3, 0.4) is 0 Å². The fraction of sp³-hybridized carbons (Fsp3) is 0.316. The van der Waals surface area contributed by atoms with Gasteiger partial charge in [-0.1, -0.05) is 41.9 Å². The molecule has 1 aliphatic heterocycles. The SMILES string of the molecule is O=C(NCc1ccccc1)N1CCC(NS(=O)(=O)c2ccc(Cl)cc2)CC1. The molecule has 1 aliphatic rings. The van der Waals surface area contributed by atoms with Crippen LogP contribution in [0.1, 0.15) is 18.4 Å². The predicted molar refractivity (Wildman–Crippen MR) is 105 cm³/mol. The van der Waals surface area contributed by atoms with Crippen LogP contribution in [0.5, 0.6) is 0 Å². The first-order chi connectivity index (χ1) is 12.9. The van der Waals surface area contributed by atoms with Crippen molar-refractivity contribution in [3.8, 4) is 0 Å². The van der Waals surface area contributed by atoms with Crippen LogP contribution in [0, 0.1) is 0 Å². The number of carbonyl (C=O) groups excluding carboxylic acids is 1. The summed E-state index contributed by atoms with van der Waals surface area (Å²) < 4.78 is 27.6. The summed E-state index contributed by atoms with van der Waals surface area (Å²) in [4.78, 5) is 14.2. The lowest BCUT2D eigenvalue weighted by molar-refractivity contribution is 0.179. The fourth-order valence-electron chi connectivity index (χ4n) is 2.99. The minimum Gasteiger partial charge on any atom is -0.334 e. The molecule has 0 atom stereocenters. The van der Waals surface area contributed by atoms with Crippen LogP contribution in [0.25, 0.3) is 0 Å². The van der Waals surface area contributed by atoms with Gasteiger partial charge in [0.2, 0.25) is 10.0 Å². The molecule has 0 aliphatic carbocycles. The van der Waals surface area contributed by atoms with Gasteiger partial charge in [-0.15, -0.1) is 0 Å². The van der Waals surface area contributed by atoms with Crippen molar-refractivity contribution >= 4 is 27.7 Å². The topological polar surface area (TPSA) is 78.5 Å². The van der Waals surface area contributed by atoms with Crippen molar-refractivity contribution < 1.29 is 13.2 Å². The van der Waals surface area contributed by atoms with Crippen LogP contribution in [-0.4, -0.2) is 38.5 Å². The zero-order valence-electron chi connectivity index (χ0n) is 14.8. The van der Waals surface area contributed by atoms with Gasteiger partial charge in [0, 0.05) is 30.7 Å². The normalized spacial score (nSPS) is 15.5. The maximum Gasteiger partial charge on any atom is 0.317 e. The summed E-state index contributed by atoms with van der Waals surface area (Å²) >= 11 is 5.81. The molecule has 1 heterocycles. The van der Waals surface area contributed by atoms with Crippen molar-refractivity contribution in [1.82, 2.24) is 14.9 Å². The van der Waals surface area contributed by atoms with E-state index in [9.17, 15) is 13.2 Å². The molecule has 0 spiro atoms. The molecule has 0 bridgehead atoms. The number of hydrogen-bond donors (Lipinski definition) is 2. The highest BCUT2D eigenvalue weighted by Crippen LogP contribution is 2.17. The van der Waals surface area contributed by atoms with Crippen LogP contribution in [-0.2, 0) is 16.6 Å². The van der Waals surface area contributed by atoms with Crippen molar-refractivity contribution in [2.45, 2.75) is 30.3 Å². The third-order valence-corrected chi connectivity index (χ3v) is 6.30. The number of carbonyl (C=O) groups is 1. The van der Waals surface area contributed by atoms with Gasteiger partial charge in [-0.2, -0.15) is 0 Å². The molecule has 2 amide bonds. The molecule has 1 saturated heterocycles. The molecule has 6 nitrogen and oxygen atoms in total. The number of likely N-dealkylation sites (tertiary alicyclic amines) is 1. The Balaban J connectivity index is 1.48. The summed E-state index contributed by atoms with van der Waals surface area (Å²) in [6.45, 7) is 1.49. The second-order valence-electron chi connectivity index (χ2n) is 6.48. The number of benzene rings is 2. The third-order valence-electron chi connectivity index (χ3n) is 4.51. The Bertz CT molecular complexity index is 865. The molecule has 0 aromatic heterocycles. The quantitative estimate of drug-likeness (QED) is 0.799. The van der Waals surface area contributed by atoms with Crippen LogP contribution in [0.2, 0.25) is 5.02 Å². The van der Waals surface area contributed by atoms with Crippen molar-refractivity contribution in [3.63, 3.8) is 0 Å². The first-order valence-corrected chi connectivity index (χ1v) is 10.6. The average molecular weight is 408 g/mol. The largest absolute Gasteiger partial charge is 0.334 e. The molecule has 0 saturated carbocycles. The van der Waals surface area contributed by atoms with Gasteiger partial charge < -0.3 is 10.2 Å². The zero-order chi connectivity index (χ0) is 19.3.